The third kappa shape index (κ3) is 3.65. The molecule has 2 N–H and O–H groups in total. The van der Waals surface area contributed by atoms with Crippen LogP contribution in [0.5, 0.6) is 0 Å². The van der Waals surface area contributed by atoms with Crippen molar-refractivity contribution in [3.63, 3.8) is 0 Å². The largest absolute Gasteiger partial charge is 0.423 e. The predicted octanol–water partition coefficient (Wildman–Crippen LogP) is 1.99. The zero-order valence-corrected chi connectivity index (χ0v) is 12.9. The molecule has 1 heterocycles. The Bertz CT molecular complexity index is 785. The molecule has 22 heavy (non-hydrogen) atoms. The molecule has 6 nitrogen and oxygen atoms in total. The van der Waals surface area contributed by atoms with Gasteiger partial charge in [-0.25, -0.2) is 4.79 Å². The number of hydrogen-bond donors (Lipinski definition) is 2. The zero-order chi connectivity index (χ0) is 16.3. The monoisotopic (exact) mass is 322 g/mol. The lowest BCUT2D eigenvalue weighted by Crippen LogP contribution is -2.40. The minimum Gasteiger partial charge on any atom is -0.423 e. The van der Waals surface area contributed by atoms with Crippen molar-refractivity contribution in [2.24, 2.45) is 0 Å². The number of anilines is 1. The van der Waals surface area contributed by atoms with E-state index in [9.17, 15) is 14.4 Å². The molecule has 0 fully saturated rings. The van der Waals surface area contributed by atoms with E-state index in [2.05, 4.69) is 10.6 Å². The number of rotatable bonds is 4. The first kappa shape index (κ1) is 16.0. The van der Waals surface area contributed by atoms with E-state index in [-0.39, 0.29) is 17.7 Å². The number of fused-ring (bicyclic) bond motifs is 1. The Morgan fingerprint density at radius 3 is 2.68 bits per heavy atom. The Balaban J connectivity index is 2.28. The summed E-state index contributed by atoms with van der Waals surface area (Å²) in [6, 6.07) is 5.61. The molecule has 7 heteroatoms. The van der Waals surface area contributed by atoms with Crippen molar-refractivity contribution in [3.05, 3.63) is 40.2 Å². The summed E-state index contributed by atoms with van der Waals surface area (Å²) in [5.74, 6) is -0.475. The maximum Gasteiger partial charge on any atom is 0.336 e. The smallest absolute Gasteiger partial charge is 0.336 e. The molecule has 0 unspecified atom stereocenters. The van der Waals surface area contributed by atoms with Gasteiger partial charge in [0, 0.05) is 36.0 Å². The quantitative estimate of drug-likeness (QED) is 0.665. The zero-order valence-electron chi connectivity index (χ0n) is 12.1. The highest BCUT2D eigenvalue weighted by Crippen LogP contribution is 2.22. The summed E-state index contributed by atoms with van der Waals surface area (Å²) >= 11 is 5.80. The van der Waals surface area contributed by atoms with E-state index >= 15 is 0 Å². The van der Waals surface area contributed by atoms with E-state index in [1.54, 1.807) is 25.1 Å². The minimum absolute atomic E-state index is 0.188. The third-order valence-corrected chi connectivity index (χ3v) is 3.34. The van der Waals surface area contributed by atoms with Gasteiger partial charge in [-0.2, -0.15) is 0 Å². The molecule has 0 spiro atoms. The second kappa shape index (κ2) is 6.62. The first-order chi connectivity index (χ1) is 10.4. The first-order valence-corrected chi connectivity index (χ1v) is 7.15. The standard InChI is InChI=1S/C15H15ClN2O4/c1-8(17-9(2)19)15(21)18-11-3-4-12-10(7-16)5-14(20)22-13(12)6-11/h3-6,8H,7H2,1-2H3,(H,17,19)(H,18,21)/t8-/m0/s1. The Hall–Kier alpha value is -2.34. The molecule has 0 saturated heterocycles. The molecule has 0 radical (unpaired) electrons. The van der Waals surface area contributed by atoms with Crippen LogP contribution in [0.4, 0.5) is 5.69 Å². The lowest BCUT2D eigenvalue weighted by molar-refractivity contribution is -0.124. The first-order valence-electron chi connectivity index (χ1n) is 6.61. The highest BCUT2D eigenvalue weighted by Gasteiger charge is 2.14. The average Bonchev–Trinajstić information content (AvgIpc) is 2.45. The predicted molar refractivity (Wildman–Crippen MR) is 83.9 cm³/mol. The van der Waals surface area contributed by atoms with Gasteiger partial charge in [0.05, 0.1) is 0 Å². The fourth-order valence-corrected chi connectivity index (χ4v) is 2.26. The molecule has 0 aliphatic carbocycles. The second-order valence-corrected chi connectivity index (χ2v) is 5.11. The van der Waals surface area contributed by atoms with Crippen LogP contribution in [0.3, 0.4) is 0 Å². The Labute approximate surface area is 131 Å². The maximum absolute atomic E-state index is 11.9. The van der Waals surface area contributed by atoms with Crippen LogP contribution in [0.1, 0.15) is 19.4 Å². The lowest BCUT2D eigenvalue weighted by atomic mass is 10.1. The second-order valence-electron chi connectivity index (χ2n) is 4.85. The summed E-state index contributed by atoms with van der Waals surface area (Å²) in [6.45, 7) is 2.91. The number of alkyl halides is 1. The van der Waals surface area contributed by atoms with Gasteiger partial charge in [0.1, 0.15) is 11.6 Å². The molecular weight excluding hydrogens is 308 g/mol. The number of halogens is 1. The van der Waals surface area contributed by atoms with E-state index in [1.807, 2.05) is 0 Å². The summed E-state index contributed by atoms with van der Waals surface area (Å²) in [5.41, 5.74) is 0.966. The van der Waals surface area contributed by atoms with E-state index < -0.39 is 11.7 Å². The van der Waals surface area contributed by atoms with Gasteiger partial charge >= 0.3 is 5.63 Å². The third-order valence-electron chi connectivity index (χ3n) is 3.05. The fourth-order valence-electron chi connectivity index (χ4n) is 2.04. The number of carbonyl (C=O) groups excluding carboxylic acids is 2. The van der Waals surface area contributed by atoms with Crippen molar-refractivity contribution >= 4 is 40.1 Å². The van der Waals surface area contributed by atoms with Crippen molar-refractivity contribution in [2.75, 3.05) is 5.32 Å². The highest BCUT2D eigenvalue weighted by molar-refractivity contribution is 6.18. The van der Waals surface area contributed by atoms with Crippen LogP contribution in [-0.2, 0) is 15.5 Å². The summed E-state index contributed by atoms with van der Waals surface area (Å²) in [7, 11) is 0. The molecular formula is C15H15ClN2O4. The fraction of sp³-hybridized carbons (Fsp3) is 0.267. The number of carbonyl (C=O) groups is 2. The number of benzene rings is 1. The van der Waals surface area contributed by atoms with Gasteiger partial charge in [0.15, 0.2) is 0 Å². The van der Waals surface area contributed by atoms with Gasteiger partial charge in [0.2, 0.25) is 11.8 Å². The Morgan fingerprint density at radius 2 is 2.05 bits per heavy atom. The van der Waals surface area contributed by atoms with E-state index in [0.717, 1.165) is 0 Å². The number of hydrogen-bond acceptors (Lipinski definition) is 4. The maximum atomic E-state index is 11.9. The minimum atomic E-state index is -0.672. The van der Waals surface area contributed by atoms with Gasteiger partial charge in [-0.05, 0) is 24.6 Å². The van der Waals surface area contributed by atoms with Crippen molar-refractivity contribution in [1.29, 1.82) is 0 Å². The topological polar surface area (TPSA) is 88.4 Å². The van der Waals surface area contributed by atoms with E-state index in [4.69, 9.17) is 16.0 Å². The summed E-state index contributed by atoms with van der Waals surface area (Å²) < 4.78 is 5.12. The molecule has 2 aromatic rings. The van der Waals surface area contributed by atoms with E-state index in [0.29, 0.717) is 22.2 Å². The normalized spacial score (nSPS) is 12.0. The van der Waals surface area contributed by atoms with Crippen molar-refractivity contribution < 1.29 is 14.0 Å². The van der Waals surface area contributed by atoms with Crippen LogP contribution in [0.25, 0.3) is 11.0 Å². The lowest BCUT2D eigenvalue weighted by Gasteiger charge is -2.13. The highest BCUT2D eigenvalue weighted by atomic mass is 35.5. The van der Waals surface area contributed by atoms with Crippen LogP contribution in [0.15, 0.2) is 33.5 Å². The summed E-state index contributed by atoms with van der Waals surface area (Å²) in [5, 5.41) is 5.84. The molecule has 0 saturated carbocycles. The molecule has 1 aromatic heterocycles. The van der Waals surface area contributed by atoms with Gasteiger partial charge in [-0.15, -0.1) is 11.6 Å². The molecule has 116 valence electrons. The molecule has 2 amide bonds. The molecule has 1 atom stereocenters. The van der Waals surface area contributed by atoms with Gasteiger partial charge < -0.3 is 15.1 Å². The molecule has 2 rings (SSSR count). The molecule has 0 aliphatic rings. The van der Waals surface area contributed by atoms with Crippen molar-refractivity contribution in [2.45, 2.75) is 25.8 Å². The van der Waals surface area contributed by atoms with Crippen molar-refractivity contribution in [3.8, 4) is 0 Å². The average molecular weight is 323 g/mol. The van der Waals surface area contributed by atoms with E-state index in [1.165, 1.54) is 13.0 Å². The van der Waals surface area contributed by atoms with Gasteiger partial charge in [0.25, 0.3) is 0 Å². The Kier molecular flexibility index (Phi) is 4.82. The molecule has 0 bridgehead atoms. The summed E-state index contributed by atoms with van der Waals surface area (Å²) in [4.78, 5) is 34.3. The van der Waals surface area contributed by atoms with Crippen LogP contribution in [-0.4, -0.2) is 17.9 Å². The van der Waals surface area contributed by atoms with Crippen LogP contribution in [0.2, 0.25) is 0 Å². The molecule has 0 aliphatic heterocycles. The van der Waals surface area contributed by atoms with Crippen LogP contribution < -0.4 is 16.3 Å². The SMILES string of the molecule is CC(=O)N[C@@H](C)C(=O)Nc1ccc2c(CCl)cc(=O)oc2c1. The molecule has 1 aromatic carbocycles. The Morgan fingerprint density at radius 1 is 1.32 bits per heavy atom. The van der Waals surface area contributed by atoms with Gasteiger partial charge in [-0.3, -0.25) is 9.59 Å². The number of nitrogens with one attached hydrogen (secondary N) is 2. The van der Waals surface area contributed by atoms with Crippen molar-refractivity contribution in [1.82, 2.24) is 5.32 Å². The number of amides is 2. The van der Waals surface area contributed by atoms with Crippen LogP contribution >= 0.6 is 11.6 Å². The van der Waals surface area contributed by atoms with Gasteiger partial charge in [-0.1, -0.05) is 0 Å². The van der Waals surface area contributed by atoms with Crippen LogP contribution in [0, 0.1) is 0 Å². The summed E-state index contributed by atoms with van der Waals surface area (Å²) in [6.07, 6.45) is 0.